The maximum absolute atomic E-state index is 15.1. The SMILES string of the molecule is O=C(c1c(F)ccc(NS(=O)(=O)c2c(F)cccc2F)c1F)c1c[nH]c2ncc(Br)cc12. The number of carbonyl (C=O) groups excluding carboxylic acids is 1. The number of hydrogen-bond acceptors (Lipinski definition) is 4. The smallest absolute Gasteiger partial charge is 0.267 e. The normalized spacial score (nSPS) is 11.7. The van der Waals surface area contributed by atoms with E-state index < -0.39 is 55.2 Å². The minimum absolute atomic E-state index is 0.119. The largest absolute Gasteiger partial charge is 0.345 e. The van der Waals surface area contributed by atoms with Gasteiger partial charge in [0.05, 0.1) is 11.3 Å². The highest BCUT2D eigenvalue weighted by molar-refractivity contribution is 9.10. The molecule has 0 spiro atoms. The van der Waals surface area contributed by atoms with E-state index in [0.717, 1.165) is 6.07 Å². The molecule has 0 aliphatic rings. The van der Waals surface area contributed by atoms with Gasteiger partial charge in [-0.25, -0.2) is 31.0 Å². The number of rotatable bonds is 5. The molecule has 2 aromatic carbocycles. The van der Waals surface area contributed by atoms with E-state index in [2.05, 4.69) is 25.9 Å². The zero-order chi connectivity index (χ0) is 23.2. The average molecular weight is 528 g/mol. The summed E-state index contributed by atoms with van der Waals surface area (Å²) >= 11 is 3.19. The van der Waals surface area contributed by atoms with Crippen LogP contribution in [-0.2, 0) is 10.0 Å². The van der Waals surface area contributed by atoms with E-state index in [1.807, 2.05) is 0 Å². The summed E-state index contributed by atoms with van der Waals surface area (Å²) in [7, 11) is -4.94. The van der Waals surface area contributed by atoms with Crippen molar-refractivity contribution in [2.45, 2.75) is 4.90 Å². The molecule has 0 saturated carbocycles. The number of hydrogen-bond donors (Lipinski definition) is 2. The molecular weight excluding hydrogens is 518 g/mol. The van der Waals surface area contributed by atoms with Crippen LogP contribution in [0.4, 0.5) is 23.2 Å². The number of nitrogens with zero attached hydrogens (tertiary/aromatic N) is 1. The van der Waals surface area contributed by atoms with E-state index in [-0.39, 0.29) is 16.6 Å². The van der Waals surface area contributed by atoms with E-state index >= 15 is 4.39 Å². The molecule has 0 aliphatic carbocycles. The molecule has 4 rings (SSSR count). The Balaban J connectivity index is 1.80. The van der Waals surface area contributed by atoms with E-state index in [4.69, 9.17) is 0 Å². The Labute approximate surface area is 186 Å². The lowest BCUT2D eigenvalue weighted by Crippen LogP contribution is -2.18. The quantitative estimate of drug-likeness (QED) is 0.285. The van der Waals surface area contributed by atoms with Crippen molar-refractivity contribution in [1.82, 2.24) is 9.97 Å². The van der Waals surface area contributed by atoms with Gasteiger partial charge in [0.15, 0.2) is 10.7 Å². The first kappa shape index (κ1) is 22.0. The average Bonchev–Trinajstić information content (AvgIpc) is 3.13. The fourth-order valence-corrected chi connectivity index (χ4v) is 4.60. The van der Waals surface area contributed by atoms with Crippen molar-refractivity contribution in [2.24, 2.45) is 0 Å². The minimum atomic E-state index is -4.94. The van der Waals surface area contributed by atoms with Gasteiger partial charge in [-0.2, -0.15) is 0 Å². The lowest BCUT2D eigenvalue weighted by Gasteiger charge is -2.12. The van der Waals surface area contributed by atoms with Crippen molar-refractivity contribution in [3.05, 3.63) is 87.7 Å². The molecule has 0 atom stereocenters. The predicted molar refractivity (Wildman–Crippen MR) is 111 cm³/mol. The number of carbonyl (C=O) groups is 1. The highest BCUT2D eigenvalue weighted by Gasteiger charge is 2.29. The number of nitrogens with one attached hydrogen (secondary N) is 2. The lowest BCUT2D eigenvalue weighted by atomic mass is 10.0. The number of fused-ring (bicyclic) bond motifs is 1. The predicted octanol–water partition coefficient (Wildman–Crippen LogP) is 4.91. The topological polar surface area (TPSA) is 91.9 Å². The van der Waals surface area contributed by atoms with Gasteiger partial charge in [-0.3, -0.25) is 9.52 Å². The number of halogens is 5. The first-order valence-electron chi connectivity index (χ1n) is 8.72. The van der Waals surface area contributed by atoms with Gasteiger partial charge in [-0.15, -0.1) is 0 Å². The maximum Gasteiger partial charge on any atom is 0.267 e. The number of pyridine rings is 1. The third kappa shape index (κ3) is 3.75. The first-order chi connectivity index (χ1) is 15.1. The first-order valence-corrected chi connectivity index (χ1v) is 11.0. The van der Waals surface area contributed by atoms with Crippen molar-refractivity contribution < 1.29 is 30.8 Å². The van der Waals surface area contributed by atoms with Crippen LogP contribution in [0.3, 0.4) is 0 Å². The van der Waals surface area contributed by atoms with Crippen LogP contribution in [0, 0.1) is 23.3 Å². The van der Waals surface area contributed by atoms with Crippen LogP contribution in [-0.4, -0.2) is 24.2 Å². The molecule has 4 aromatic rings. The Morgan fingerprint density at radius 2 is 1.72 bits per heavy atom. The Morgan fingerprint density at radius 3 is 2.41 bits per heavy atom. The molecule has 2 heterocycles. The molecular formula is C20H10BrF4N3O3S. The molecule has 2 N–H and O–H groups in total. The minimum Gasteiger partial charge on any atom is -0.345 e. The van der Waals surface area contributed by atoms with E-state index in [0.29, 0.717) is 28.7 Å². The number of ketones is 1. The molecule has 6 nitrogen and oxygen atoms in total. The van der Waals surface area contributed by atoms with Crippen LogP contribution in [0.1, 0.15) is 15.9 Å². The van der Waals surface area contributed by atoms with Crippen LogP contribution >= 0.6 is 15.9 Å². The van der Waals surface area contributed by atoms with E-state index in [1.165, 1.54) is 18.5 Å². The summed E-state index contributed by atoms with van der Waals surface area (Å²) in [5, 5.41) is 0.266. The molecule has 0 fully saturated rings. The van der Waals surface area contributed by atoms with Crippen LogP contribution in [0.2, 0.25) is 0 Å². The molecule has 0 amide bonds. The van der Waals surface area contributed by atoms with E-state index in [1.54, 1.807) is 4.72 Å². The summed E-state index contributed by atoms with van der Waals surface area (Å²) < 4.78 is 84.4. The number of H-pyrrole nitrogens is 1. The summed E-state index contributed by atoms with van der Waals surface area (Å²) in [6, 6.07) is 5.23. The second kappa shape index (κ2) is 8.02. The fraction of sp³-hybridized carbons (Fsp3) is 0. The molecule has 0 saturated heterocycles. The summed E-state index contributed by atoms with van der Waals surface area (Å²) in [5.41, 5.74) is -1.76. The van der Waals surface area contributed by atoms with E-state index in [9.17, 15) is 26.4 Å². The standard InChI is InChI=1S/C20H10BrF4N3O3S/c21-9-6-10-11(8-27-20(10)26-7-9)18(29)16-12(22)4-5-15(17(16)25)28-32(30,31)19-13(23)2-1-3-14(19)24/h1-8,28H,(H,26,27). The molecule has 12 heteroatoms. The van der Waals surface area contributed by atoms with Gasteiger partial charge in [0, 0.05) is 27.8 Å². The summed E-state index contributed by atoms with van der Waals surface area (Å²) in [6.45, 7) is 0. The number of sulfonamides is 1. The third-order valence-corrected chi connectivity index (χ3v) is 6.34. The Kier molecular flexibility index (Phi) is 5.51. The molecule has 32 heavy (non-hydrogen) atoms. The van der Waals surface area contributed by atoms with Crippen molar-refractivity contribution in [2.75, 3.05) is 4.72 Å². The van der Waals surface area contributed by atoms with Crippen LogP contribution in [0.25, 0.3) is 11.0 Å². The number of anilines is 1. The zero-order valence-corrected chi connectivity index (χ0v) is 18.0. The lowest BCUT2D eigenvalue weighted by molar-refractivity contribution is 0.103. The molecule has 0 aliphatic heterocycles. The van der Waals surface area contributed by atoms with Crippen molar-refractivity contribution in [3.8, 4) is 0 Å². The molecule has 0 unspecified atom stereocenters. The highest BCUT2D eigenvalue weighted by atomic mass is 79.9. The van der Waals surface area contributed by atoms with Crippen molar-refractivity contribution >= 4 is 48.5 Å². The van der Waals surface area contributed by atoms with Crippen LogP contribution in [0.15, 0.2) is 58.2 Å². The van der Waals surface area contributed by atoms with Gasteiger partial charge in [-0.1, -0.05) is 6.07 Å². The van der Waals surface area contributed by atoms with Gasteiger partial charge in [0.1, 0.15) is 23.1 Å². The third-order valence-electron chi connectivity index (χ3n) is 4.49. The second-order valence-corrected chi connectivity index (χ2v) is 9.06. The van der Waals surface area contributed by atoms with Gasteiger partial charge in [0.2, 0.25) is 5.78 Å². The molecule has 164 valence electrons. The fourth-order valence-electron chi connectivity index (χ4n) is 3.07. The van der Waals surface area contributed by atoms with Gasteiger partial charge >= 0.3 is 0 Å². The second-order valence-electron chi connectivity index (χ2n) is 6.52. The van der Waals surface area contributed by atoms with Gasteiger partial charge in [-0.05, 0) is 46.3 Å². The Morgan fingerprint density at radius 1 is 1.03 bits per heavy atom. The number of benzene rings is 2. The number of aromatic amines is 1. The molecule has 0 radical (unpaired) electrons. The van der Waals surface area contributed by atoms with Crippen molar-refractivity contribution in [1.29, 1.82) is 0 Å². The highest BCUT2D eigenvalue weighted by Crippen LogP contribution is 2.29. The summed E-state index contributed by atoms with van der Waals surface area (Å²) in [5.74, 6) is -6.72. The monoisotopic (exact) mass is 527 g/mol. The number of aromatic nitrogens is 2. The summed E-state index contributed by atoms with van der Waals surface area (Å²) in [4.78, 5) is 18.3. The van der Waals surface area contributed by atoms with Crippen molar-refractivity contribution in [3.63, 3.8) is 0 Å². The Bertz CT molecular complexity index is 1490. The van der Waals surface area contributed by atoms with Gasteiger partial charge < -0.3 is 4.98 Å². The molecule has 0 bridgehead atoms. The summed E-state index contributed by atoms with van der Waals surface area (Å²) in [6.07, 6.45) is 2.66. The zero-order valence-electron chi connectivity index (χ0n) is 15.6. The molecule has 2 aromatic heterocycles. The van der Waals surface area contributed by atoms with Gasteiger partial charge in [0.25, 0.3) is 10.0 Å². The Hall–Kier alpha value is -3.25. The van der Waals surface area contributed by atoms with Crippen LogP contribution < -0.4 is 4.72 Å². The maximum atomic E-state index is 15.1. The van der Waals surface area contributed by atoms with Crippen LogP contribution in [0.5, 0.6) is 0 Å².